The van der Waals surface area contributed by atoms with Crippen molar-refractivity contribution in [2.24, 2.45) is 5.92 Å². The monoisotopic (exact) mass is 380 g/mol. The molecule has 106 valence electrons. The zero-order chi connectivity index (χ0) is 14.0. The van der Waals surface area contributed by atoms with E-state index in [1.165, 1.54) is 34.8 Å². The minimum Gasteiger partial charge on any atom is -0.285 e. The molecule has 1 aliphatic carbocycles. The van der Waals surface area contributed by atoms with Crippen molar-refractivity contribution >= 4 is 22.6 Å². The Balaban J connectivity index is 1.72. The molecule has 0 N–H and O–H groups in total. The van der Waals surface area contributed by atoms with Crippen molar-refractivity contribution in [3.05, 3.63) is 33.4 Å². The Labute approximate surface area is 135 Å². The van der Waals surface area contributed by atoms with E-state index in [1.807, 2.05) is 0 Å². The lowest BCUT2D eigenvalue weighted by molar-refractivity contribution is 0.118. The molecule has 2 aliphatic rings. The van der Waals surface area contributed by atoms with Crippen molar-refractivity contribution in [3.63, 3.8) is 0 Å². The van der Waals surface area contributed by atoms with E-state index < -0.39 is 0 Å². The molecule has 2 nitrogen and oxygen atoms in total. The summed E-state index contributed by atoms with van der Waals surface area (Å²) in [5, 5.41) is 9.78. The van der Waals surface area contributed by atoms with Crippen LogP contribution >= 0.6 is 22.6 Å². The average molecular weight is 380 g/mol. The second kappa shape index (κ2) is 6.03. The molecule has 2 unspecified atom stereocenters. The van der Waals surface area contributed by atoms with E-state index in [2.05, 4.69) is 57.8 Å². The molecule has 1 saturated heterocycles. The molecule has 3 heteroatoms. The molecule has 2 atom stereocenters. The van der Waals surface area contributed by atoms with Crippen molar-refractivity contribution in [2.75, 3.05) is 13.1 Å². The number of halogens is 1. The molecule has 1 aliphatic heterocycles. The minimum atomic E-state index is -0.140. The van der Waals surface area contributed by atoms with E-state index in [0.29, 0.717) is 5.92 Å². The Morgan fingerprint density at radius 1 is 1.30 bits per heavy atom. The first kappa shape index (κ1) is 14.3. The first-order valence-electron chi connectivity index (χ1n) is 7.66. The Hall–Kier alpha value is -0.600. The van der Waals surface area contributed by atoms with E-state index in [4.69, 9.17) is 0 Å². The highest BCUT2D eigenvalue weighted by Gasteiger charge is 2.49. The first-order valence-corrected chi connectivity index (χ1v) is 8.74. The minimum absolute atomic E-state index is 0.140. The van der Waals surface area contributed by atoms with Crippen LogP contribution in [-0.2, 0) is 6.42 Å². The quantitative estimate of drug-likeness (QED) is 0.742. The van der Waals surface area contributed by atoms with Gasteiger partial charge in [-0.25, -0.2) is 0 Å². The molecule has 20 heavy (non-hydrogen) atoms. The fourth-order valence-corrected chi connectivity index (χ4v) is 4.68. The fourth-order valence-electron chi connectivity index (χ4n) is 4.02. The van der Waals surface area contributed by atoms with Crippen LogP contribution in [0.5, 0.6) is 0 Å². The van der Waals surface area contributed by atoms with Crippen LogP contribution in [0.2, 0.25) is 0 Å². The van der Waals surface area contributed by atoms with Crippen LogP contribution in [0.1, 0.15) is 37.7 Å². The van der Waals surface area contributed by atoms with Gasteiger partial charge in [0.1, 0.15) is 5.54 Å². The molecule has 1 aromatic carbocycles. The Bertz CT molecular complexity index is 522. The van der Waals surface area contributed by atoms with Crippen LogP contribution in [0.15, 0.2) is 24.3 Å². The average Bonchev–Trinajstić information content (AvgIpc) is 2.86. The van der Waals surface area contributed by atoms with Gasteiger partial charge in [0.05, 0.1) is 6.07 Å². The van der Waals surface area contributed by atoms with Crippen LogP contribution in [0.4, 0.5) is 0 Å². The van der Waals surface area contributed by atoms with Gasteiger partial charge < -0.3 is 0 Å². The van der Waals surface area contributed by atoms with Gasteiger partial charge >= 0.3 is 0 Å². The van der Waals surface area contributed by atoms with E-state index in [0.717, 1.165) is 25.9 Å². The smallest absolute Gasteiger partial charge is 0.112 e. The van der Waals surface area contributed by atoms with Gasteiger partial charge in [0.2, 0.25) is 0 Å². The van der Waals surface area contributed by atoms with Crippen molar-refractivity contribution in [1.82, 2.24) is 4.90 Å². The number of likely N-dealkylation sites (tertiary alicyclic amines) is 1. The van der Waals surface area contributed by atoms with Gasteiger partial charge in [0.15, 0.2) is 0 Å². The summed E-state index contributed by atoms with van der Waals surface area (Å²) in [6.07, 6.45) is 7.17. The molecule has 1 heterocycles. The summed E-state index contributed by atoms with van der Waals surface area (Å²) in [7, 11) is 0. The third-order valence-corrected chi connectivity index (χ3v) is 6.20. The standard InChI is InChI=1S/C17H21IN2/c18-16-7-2-1-5-14(16)8-11-20-12-9-15-6-3-4-10-17(15,20)13-19/h1-2,5,7,15H,3-4,6,8-12H2. The third-order valence-electron chi connectivity index (χ3n) is 5.15. The van der Waals surface area contributed by atoms with Crippen LogP contribution in [0.3, 0.4) is 0 Å². The lowest BCUT2D eigenvalue weighted by atomic mass is 9.74. The molecule has 0 radical (unpaired) electrons. The number of rotatable bonds is 3. The van der Waals surface area contributed by atoms with Crippen LogP contribution < -0.4 is 0 Å². The summed E-state index contributed by atoms with van der Waals surface area (Å²) < 4.78 is 1.34. The maximum atomic E-state index is 9.78. The van der Waals surface area contributed by atoms with Crippen molar-refractivity contribution in [2.45, 2.75) is 44.1 Å². The molecule has 0 spiro atoms. The third kappa shape index (κ3) is 2.48. The second-order valence-electron chi connectivity index (χ2n) is 6.10. The summed E-state index contributed by atoms with van der Waals surface area (Å²) in [5.74, 6) is 0.621. The maximum absolute atomic E-state index is 9.78. The summed E-state index contributed by atoms with van der Waals surface area (Å²) in [6.45, 7) is 2.14. The number of nitrogens with zero attached hydrogens (tertiary/aromatic N) is 2. The number of nitriles is 1. The Morgan fingerprint density at radius 3 is 2.95 bits per heavy atom. The molecule has 3 rings (SSSR count). The first-order chi connectivity index (χ1) is 9.76. The lowest BCUT2D eigenvalue weighted by Crippen LogP contribution is -2.49. The van der Waals surface area contributed by atoms with Crippen LogP contribution in [-0.4, -0.2) is 23.5 Å². The van der Waals surface area contributed by atoms with E-state index >= 15 is 0 Å². The molecule has 0 bridgehead atoms. The molecule has 2 fully saturated rings. The SMILES string of the molecule is N#CC12CCCCC1CCN2CCc1ccccc1I. The normalized spacial score (nSPS) is 29.9. The van der Waals surface area contributed by atoms with E-state index in [-0.39, 0.29) is 5.54 Å². The highest BCUT2D eigenvalue weighted by molar-refractivity contribution is 14.1. The fraction of sp³-hybridized carbons (Fsp3) is 0.588. The summed E-state index contributed by atoms with van der Waals surface area (Å²) >= 11 is 2.41. The molecule has 1 saturated carbocycles. The molecular formula is C17H21IN2. The second-order valence-corrected chi connectivity index (χ2v) is 7.26. The van der Waals surface area contributed by atoms with Gasteiger partial charge in [-0.1, -0.05) is 31.0 Å². The van der Waals surface area contributed by atoms with Crippen molar-refractivity contribution in [1.29, 1.82) is 5.26 Å². The van der Waals surface area contributed by atoms with Gasteiger partial charge in [0, 0.05) is 16.7 Å². The largest absolute Gasteiger partial charge is 0.285 e. The van der Waals surface area contributed by atoms with Gasteiger partial charge in [-0.05, 0) is 65.8 Å². The highest BCUT2D eigenvalue weighted by atomic mass is 127. The summed E-state index contributed by atoms with van der Waals surface area (Å²) in [5.41, 5.74) is 1.28. The maximum Gasteiger partial charge on any atom is 0.112 e. The summed E-state index contributed by atoms with van der Waals surface area (Å²) in [6, 6.07) is 11.3. The topological polar surface area (TPSA) is 27.0 Å². The predicted molar refractivity (Wildman–Crippen MR) is 89.4 cm³/mol. The highest BCUT2D eigenvalue weighted by Crippen LogP contribution is 2.44. The van der Waals surface area contributed by atoms with Crippen LogP contribution in [0, 0.1) is 20.8 Å². The van der Waals surface area contributed by atoms with Gasteiger partial charge in [-0.3, -0.25) is 4.90 Å². The molecular weight excluding hydrogens is 359 g/mol. The van der Waals surface area contributed by atoms with E-state index in [9.17, 15) is 5.26 Å². The predicted octanol–water partition coefficient (Wildman–Crippen LogP) is 3.99. The number of hydrogen-bond donors (Lipinski definition) is 0. The van der Waals surface area contributed by atoms with Gasteiger partial charge in [0.25, 0.3) is 0 Å². The van der Waals surface area contributed by atoms with Crippen molar-refractivity contribution < 1.29 is 0 Å². The number of benzene rings is 1. The Kier molecular flexibility index (Phi) is 4.32. The van der Waals surface area contributed by atoms with Crippen LogP contribution in [0.25, 0.3) is 0 Å². The van der Waals surface area contributed by atoms with Gasteiger partial charge in [-0.15, -0.1) is 0 Å². The zero-order valence-electron chi connectivity index (χ0n) is 11.8. The number of hydrogen-bond acceptors (Lipinski definition) is 2. The zero-order valence-corrected chi connectivity index (χ0v) is 14.0. The summed E-state index contributed by atoms with van der Waals surface area (Å²) in [4.78, 5) is 2.49. The lowest BCUT2D eigenvalue weighted by Gasteiger charge is -2.39. The van der Waals surface area contributed by atoms with Gasteiger partial charge in [-0.2, -0.15) is 5.26 Å². The number of fused-ring (bicyclic) bond motifs is 1. The molecule has 1 aromatic rings. The molecule has 0 amide bonds. The molecule has 0 aromatic heterocycles. The van der Waals surface area contributed by atoms with Crippen molar-refractivity contribution in [3.8, 4) is 6.07 Å². The van der Waals surface area contributed by atoms with E-state index in [1.54, 1.807) is 0 Å². The Morgan fingerprint density at radius 2 is 2.15 bits per heavy atom.